The van der Waals surface area contributed by atoms with Gasteiger partial charge in [-0.2, -0.15) is 0 Å². The molecule has 1 aromatic heterocycles. The number of hydrogen-bond acceptors (Lipinski definition) is 3. The lowest BCUT2D eigenvalue weighted by Gasteiger charge is -2.25. The van der Waals surface area contributed by atoms with Crippen LogP contribution in [0.1, 0.15) is 36.3 Å². The minimum Gasteiger partial charge on any atom is -0.366 e. The third-order valence-corrected chi connectivity index (χ3v) is 2.90. The Morgan fingerprint density at radius 3 is 2.76 bits per heavy atom. The number of hydrogen-bond donors (Lipinski definition) is 2. The Morgan fingerprint density at radius 2 is 2.24 bits per heavy atom. The molecule has 4 heteroatoms. The van der Waals surface area contributed by atoms with Gasteiger partial charge in [-0.05, 0) is 38.0 Å². The molecule has 1 aliphatic heterocycles. The van der Waals surface area contributed by atoms with Gasteiger partial charge < -0.3 is 11.1 Å². The molecular weight excluding hydrogens is 214 g/mol. The Labute approximate surface area is 101 Å². The highest BCUT2D eigenvalue weighted by Crippen LogP contribution is 2.22. The Morgan fingerprint density at radius 1 is 1.47 bits per heavy atom. The van der Waals surface area contributed by atoms with Gasteiger partial charge in [0.2, 0.25) is 5.91 Å². The molecule has 2 heterocycles. The van der Waals surface area contributed by atoms with E-state index in [1.54, 1.807) is 6.07 Å². The zero-order chi connectivity index (χ0) is 12.4. The van der Waals surface area contributed by atoms with Crippen LogP contribution in [0.3, 0.4) is 0 Å². The molecule has 0 aromatic carbocycles. The van der Waals surface area contributed by atoms with E-state index in [-0.39, 0.29) is 0 Å². The maximum atomic E-state index is 11.0. The van der Waals surface area contributed by atoms with Crippen LogP contribution in [0.25, 0.3) is 5.57 Å². The summed E-state index contributed by atoms with van der Waals surface area (Å²) in [6, 6.07) is 4.38. The number of nitrogens with zero attached hydrogens (tertiary/aromatic N) is 1. The van der Waals surface area contributed by atoms with Crippen LogP contribution in [0.5, 0.6) is 0 Å². The molecule has 0 saturated carbocycles. The van der Waals surface area contributed by atoms with Gasteiger partial charge in [-0.1, -0.05) is 6.08 Å². The minimum atomic E-state index is -0.440. The van der Waals surface area contributed by atoms with Crippen molar-refractivity contribution in [2.75, 3.05) is 0 Å². The fourth-order valence-corrected chi connectivity index (χ4v) is 2.18. The van der Waals surface area contributed by atoms with Gasteiger partial charge in [-0.15, -0.1) is 0 Å². The summed E-state index contributed by atoms with van der Waals surface area (Å²) < 4.78 is 0. The first-order valence-electron chi connectivity index (χ1n) is 5.79. The molecule has 1 aromatic rings. The Balaban J connectivity index is 2.25. The van der Waals surface area contributed by atoms with Gasteiger partial charge >= 0.3 is 0 Å². The second-order valence-corrected chi connectivity index (χ2v) is 4.55. The molecule has 17 heavy (non-hydrogen) atoms. The van der Waals surface area contributed by atoms with Crippen molar-refractivity contribution in [3.8, 4) is 0 Å². The molecule has 4 nitrogen and oxygen atoms in total. The lowest BCUT2D eigenvalue weighted by atomic mass is 9.96. The topological polar surface area (TPSA) is 68.0 Å². The van der Waals surface area contributed by atoms with E-state index in [0.29, 0.717) is 17.6 Å². The molecule has 2 unspecified atom stereocenters. The number of pyridine rings is 1. The monoisotopic (exact) mass is 231 g/mol. The van der Waals surface area contributed by atoms with Crippen molar-refractivity contribution >= 4 is 11.5 Å². The predicted octanol–water partition coefficient (Wildman–Crippen LogP) is 1.33. The van der Waals surface area contributed by atoms with Crippen molar-refractivity contribution in [1.29, 1.82) is 0 Å². The fourth-order valence-electron chi connectivity index (χ4n) is 2.18. The van der Waals surface area contributed by atoms with Crippen LogP contribution >= 0.6 is 0 Å². The summed E-state index contributed by atoms with van der Waals surface area (Å²) in [5, 5.41) is 3.43. The first kappa shape index (κ1) is 11.8. The molecule has 2 atom stereocenters. The first-order valence-corrected chi connectivity index (χ1v) is 5.79. The number of carbonyl (C=O) groups is 1. The summed E-state index contributed by atoms with van der Waals surface area (Å²) >= 11 is 0. The number of amides is 1. The normalized spacial score (nSPS) is 24.2. The number of nitrogens with one attached hydrogen (secondary N) is 1. The Bertz CT molecular complexity index is 450. The Kier molecular flexibility index (Phi) is 3.24. The summed E-state index contributed by atoms with van der Waals surface area (Å²) in [5.41, 5.74) is 7.78. The number of primary amides is 1. The highest BCUT2D eigenvalue weighted by molar-refractivity contribution is 5.92. The second kappa shape index (κ2) is 4.67. The lowest BCUT2D eigenvalue weighted by Crippen LogP contribution is -2.36. The minimum absolute atomic E-state index is 0.353. The van der Waals surface area contributed by atoms with Crippen LogP contribution in [0.2, 0.25) is 0 Å². The van der Waals surface area contributed by atoms with Gasteiger partial charge in [0.05, 0.1) is 11.3 Å². The summed E-state index contributed by atoms with van der Waals surface area (Å²) in [5.74, 6) is -0.440. The van der Waals surface area contributed by atoms with Gasteiger partial charge in [0, 0.05) is 18.3 Å². The van der Waals surface area contributed by atoms with Crippen LogP contribution in [0.15, 0.2) is 24.4 Å². The van der Waals surface area contributed by atoms with Gasteiger partial charge in [0.1, 0.15) is 0 Å². The predicted molar refractivity (Wildman–Crippen MR) is 67.4 cm³/mol. The van der Waals surface area contributed by atoms with Gasteiger partial charge in [-0.25, -0.2) is 0 Å². The van der Waals surface area contributed by atoms with Gasteiger partial charge in [-0.3, -0.25) is 9.78 Å². The third-order valence-electron chi connectivity index (χ3n) is 2.90. The number of rotatable bonds is 2. The van der Waals surface area contributed by atoms with E-state index >= 15 is 0 Å². The molecule has 90 valence electrons. The molecule has 0 bridgehead atoms. The number of aromatic nitrogens is 1. The number of carbonyl (C=O) groups excluding carboxylic acids is 1. The second-order valence-electron chi connectivity index (χ2n) is 4.55. The van der Waals surface area contributed by atoms with Crippen LogP contribution in [0, 0.1) is 0 Å². The quantitative estimate of drug-likeness (QED) is 0.807. The van der Waals surface area contributed by atoms with Crippen LogP contribution < -0.4 is 11.1 Å². The molecule has 0 fully saturated rings. The zero-order valence-corrected chi connectivity index (χ0v) is 10.1. The van der Waals surface area contributed by atoms with Crippen molar-refractivity contribution in [3.63, 3.8) is 0 Å². The van der Waals surface area contributed by atoms with Gasteiger partial charge in [0.15, 0.2) is 0 Å². The van der Waals surface area contributed by atoms with Gasteiger partial charge in [0.25, 0.3) is 0 Å². The molecule has 0 radical (unpaired) electrons. The van der Waals surface area contributed by atoms with E-state index in [1.165, 1.54) is 11.8 Å². The molecule has 1 amide bonds. The molecule has 0 aliphatic carbocycles. The molecule has 2 rings (SSSR count). The maximum absolute atomic E-state index is 11.0. The van der Waals surface area contributed by atoms with Crippen molar-refractivity contribution in [2.24, 2.45) is 5.73 Å². The van der Waals surface area contributed by atoms with E-state index in [1.807, 2.05) is 6.07 Å². The molecule has 3 N–H and O–H groups in total. The Hall–Kier alpha value is -1.68. The fraction of sp³-hybridized carbons (Fsp3) is 0.385. The average Bonchev–Trinajstić information content (AvgIpc) is 2.28. The molecule has 0 spiro atoms. The van der Waals surface area contributed by atoms with Crippen molar-refractivity contribution in [1.82, 2.24) is 10.3 Å². The average molecular weight is 231 g/mol. The largest absolute Gasteiger partial charge is 0.366 e. The van der Waals surface area contributed by atoms with Crippen LogP contribution in [-0.4, -0.2) is 23.0 Å². The van der Waals surface area contributed by atoms with Crippen molar-refractivity contribution < 1.29 is 4.79 Å². The summed E-state index contributed by atoms with van der Waals surface area (Å²) in [6.07, 6.45) is 4.66. The van der Waals surface area contributed by atoms with Crippen LogP contribution in [-0.2, 0) is 0 Å². The van der Waals surface area contributed by atoms with E-state index < -0.39 is 5.91 Å². The van der Waals surface area contributed by atoms with E-state index in [2.05, 4.69) is 30.2 Å². The zero-order valence-electron chi connectivity index (χ0n) is 10.1. The molecule has 1 aliphatic rings. The highest BCUT2D eigenvalue weighted by atomic mass is 16.1. The highest BCUT2D eigenvalue weighted by Gasteiger charge is 2.17. The summed E-state index contributed by atoms with van der Waals surface area (Å²) in [7, 11) is 0. The summed E-state index contributed by atoms with van der Waals surface area (Å²) in [6.45, 7) is 4.27. The maximum Gasteiger partial charge on any atom is 0.250 e. The van der Waals surface area contributed by atoms with E-state index in [4.69, 9.17) is 5.73 Å². The lowest BCUT2D eigenvalue weighted by molar-refractivity contribution is 0.1000. The number of nitrogens with two attached hydrogens (primary N) is 1. The summed E-state index contributed by atoms with van der Waals surface area (Å²) in [4.78, 5) is 15.2. The first-order chi connectivity index (χ1) is 8.06. The molecular formula is C13H17N3O. The SMILES string of the molecule is CC1C=C(c2ccc(C(N)=O)cn2)CC(C)N1. The van der Waals surface area contributed by atoms with Crippen LogP contribution in [0.4, 0.5) is 0 Å². The third kappa shape index (κ3) is 2.71. The standard InChI is InChI=1S/C13H17N3O/c1-8-5-11(6-9(2)16-8)12-4-3-10(7-15-12)13(14)17/h3-5,7-9,16H,6H2,1-2H3,(H2,14,17). The van der Waals surface area contributed by atoms with E-state index in [0.717, 1.165) is 12.1 Å². The van der Waals surface area contributed by atoms with Crippen molar-refractivity contribution in [2.45, 2.75) is 32.4 Å². The smallest absolute Gasteiger partial charge is 0.250 e. The van der Waals surface area contributed by atoms with E-state index in [9.17, 15) is 4.79 Å². The molecule has 0 saturated heterocycles. The van der Waals surface area contributed by atoms with Crippen molar-refractivity contribution in [3.05, 3.63) is 35.7 Å².